The van der Waals surface area contributed by atoms with Crippen LogP contribution in [-0.4, -0.2) is 32.8 Å². The van der Waals surface area contributed by atoms with E-state index in [1.165, 1.54) is 0 Å². The Morgan fingerprint density at radius 3 is 2.54 bits per heavy atom. The number of carbonyl (C=O) groups excluding carboxylic acids is 1. The van der Waals surface area contributed by atoms with Gasteiger partial charge in [0.2, 0.25) is 0 Å². The van der Waals surface area contributed by atoms with E-state index in [0.29, 0.717) is 18.0 Å². The van der Waals surface area contributed by atoms with Crippen molar-refractivity contribution in [1.29, 1.82) is 0 Å². The number of amides is 1. The van der Waals surface area contributed by atoms with Crippen LogP contribution in [0, 0.1) is 0 Å². The van der Waals surface area contributed by atoms with Crippen molar-refractivity contribution < 1.29 is 19.6 Å². The summed E-state index contributed by atoms with van der Waals surface area (Å²) >= 11 is 0. The third-order valence-electron chi connectivity index (χ3n) is 3.73. The van der Waals surface area contributed by atoms with Crippen LogP contribution in [0.5, 0.6) is 5.75 Å². The first-order valence-corrected chi connectivity index (χ1v) is 7.98. The van der Waals surface area contributed by atoms with E-state index < -0.39 is 0 Å². The van der Waals surface area contributed by atoms with Crippen molar-refractivity contribution in [1.82, 2.24) is 0 Å². The molecule has 0 radical (unpaired) electrons. The lowest BCUT2D eigenvalue weighted by molar-refractivity contribution is -0.713. The van der Waals surface area contributed by atoms with Gasteiger partial charge in [0.25, 0.3) is 5.91 Å². The third kappa shape index (κ3) is 5.08. The summed E-state index contributed by atoms with van der Waals surface area (Å²) in [6, 6.07) is 16.9. The van der Waals surface area contributed by atoms with Crippen molar-refractivity contribution in [3.63, 3.8) is 0 Å². The van der Waals surface area contributed by atoms with Crippen LogP contribution in [0.1, 0.15) is 18.5 Å². The van der Waals surface area contributed by atoms with Gasteiger partial charge in [0.15, 0.2) is 6.04 Å². The van der Waals surface area contributed by atoms with E-state index in [4.69, 9.17) is 9.47 Å². The number of nitrogens with two attached hydrogens (primary N) is 1. The van der Waals surface area contributed by atoms with Gasteiger partial charge in [0.05, 0.1) is 13.7 Å². The van der Waals surface area contributed by atoms with Gasteiger partial charge in [-0.05, 0) is 19.1 Å². The zero-order valence-corrected chi connectivity index (χ0v) is 14.4. The molecule has 24 heavy (non-hydrogen) atoms. The molecule has 0 aliphatic carbocycles. The quantitative estimate of drug-likeness (QED) is 0.778. The standard InChI is InChI=1S/C19H24N2O3/c1-14(13-23-2)20-18(15-8-5-4-6-9-15)19(22)21-16-10-7-11-17(12-16)24-3/h4-12,14,18,20H,13H2,1-3H3,(H,21,22)/p+1/t14-,18-/m0/s1. The van der Waals surface area contributed by atoms with E-state index >= 15 is 0 Å². The molecule has 0 saturated heterocycles. The molecule has 0 unspecified atom stereocenters. The fourth-order valence-electron chi connectivity index (χ4n) is 2.58. The molecule has 0 aliphatic rings. The second-order valence-corrected chi connectivity index (χ2v) is 5.73. The van der Waals surface area contributed by atoms with Crippen LogP contribution in [0.4, 0.5) is 5.69 Å². The van der Waals surface area contributed by atoms with Gasteiger partial charge < -0.3 is 20.1 Å². The average Bonchev–Trinajstić information content (AvgIpc) is 2.60. The highest BCUT2D eigenvalue weighted by atomic mass is 16.5. The maximum atomic E-state index is 12.8. The van der Waals surface area contributed by atoms with Gasteiger partial charge in [0, 0.05) is 24.4 Å². The number of quaternary nitrogens is 1. The Balaban J connectivity index is 2.17. The van der Waals surface area contributed by atoms with E-state index in [1.807, 2.05) is 60.8 Å². The Hall–Kier alpha value is -2.37. The summed E-state index contributed by atoms with van der Waals surface area (Å²) < 4.78 is 10.4. The zero-order chi connectivity index (χ0) is 17.4. The highest BCUT2D eigenvalue weighted by Gasteiger charge is 2.26. The number of hydrogen-bond donors (Lipinski definition) is 2. The summed E-state index contributed by atoms with van der Waals surface area (Å²) in [6.45, 7) is 2.62. The second kappa shape index (κ2) is 9.05. The Morgan fingerprint density at radius 1 is 1.12 bits per heavy atom. The van der Waals surface area contributed by atoms with Crippen molar-refractivity contribution in [2.24, 2.45) is 0 Å². The molecule has 2 rings (SSSR count). The minimum absolute atomic E-state index is 0.0718. The Kier molecular flexibility index (Phi) is 6.78. The predicted octanol–water partition coefficient (Wildman–Crippen LogP) is 1.97. The SMILES string of the molecule is COC[C@H](C)[NH2+][C@H](C(=O)Nc1cccc(OC)c1)c1ccccc1. The number of hydrogen-bond acceptors (Lipinski definition) is 3. The molecular weight excluding hydrogens is 304 g/mol. The molecule has 0 fully saturated rings. The molecule has 2 aromatic carbocycles. The lowest BCUT2D eigenvalue weighted by Crippen LogP contribution is -2.92. The number of methoxy groups -OCH3 is 2. The molecule has 128 valence electrons. The lowest BCUT2D eigenvalue weighted by atomic mass is 10.0. The number of anilines is 1. The summed E-state index contributed by atoms with van der Waals surface area (Å²) in [4.78, 5) is 12.8. The minimum Gasteiger partial charge on any atom is -0.497 e. The van der Waals surface area contributed by atoms with E-state index in [9.17, 15) is 4.79 Å². The maximum absolute atomic E-state index is 12.8. The summed E-state index contributed by atoms with van der Waals surface area (Å²) in [5, 5.41) is 4.99. The van der Waals surface area contributed by atoms with Crippen molar-refractivity contribution in [2.45, 2.75) is 19.0 Å². The topological polar surface area (TPSA) is 64.2 Å². The summed E-state index contributed by atoms with van der Waals surface area (Å²) in [5.74, 6) is 0.637. The van der Waals surface area contributed by atoms with Gasteiger partial charge >= 0.3 is 0 Å². The second-order valence-electron chi connectivity index (χ2n) is 5.73. The van der Waals surface area contributed by atoms with Crippen LogP contribution >= 0.6 is 0 Å². The number of ether oxygens (including phenoxy) is 2. The molecule has 0 aromatic heterocycles. The van der Waals surface area contributed by atoms with Crippen molar-refractivity contribution >= 4 is 11.6 Å². The van der Waals surface area contributed by atoms with Crippen LogP contribution in [0.3, 0.4) is 0 Å². The smallest absolute Gasteiger partial charge is 0.287 e. The first kappa shape index (κ1) is 18.0. The van der Waals surface area contributed by atoms with Gasteiger partial charge in [0.1, 0.15) is 11.8 Å². The fraction of sp³-hybridized carbons (Fsp3) is 0.316. The molecule has 0 aliphatic heterocycles. The summed E-state index contributed by atoms with van der Waals surface area (Å²) in [6.07, 6.45) is 0. The molecule has 2 atom stereocenters. The van der Waals surface area contributed by atoms with Crippen LogP contribution in [-0.2, 0) is 9.53 Å². The highest BCUT2D eigenvalue weighted by molar-refractivity contribution is 5.94. The Labute approximate surface area is 143 Å². The molecule has 0 saturated carbocycles. The van der Waals surface area contributed by atoms with E-state index in [-0.39, 0.29) is 18.0 Å². The van der Waals surface area contributed by atoms with Gasteiger partial charge in [-0.1, -0.05) is 36.4 Å². The van der Waals surface area contributed by atoms with Gasteiger partial charge in [-0.15, -0.1) is 0 Å². The fourth-order valence-corrected chi connectivity index (χ4v) is 2.58. The van der Waals surface area contributed by atoms with Crippen LogP contribution in [0.15, 0.2) is 54.6 Å². The molecular formula is C19H25N2O3+. The lowest BCUT2D eigenvalue weighted by Gasteiger charge is -2.20. The predicted molar refractivity (Wildman–Crippen MR) is 94.1 cm³/mol. The molecule has 1 amide bonds. The first-order valence-electron chi connectivity index (χ1n) is 7.98. The largest absolute Gasteiger partial charge is 0.497 e. The highest BCUT2D eigenvalue weighted by Crippen LogP contribution is 2.18. The molecule has 2 aromatic rings. The normalized spacial score (nSPS) is 13.1. The molecule has 0 spiro atoms. The minimum atomic E-state index is -0.345. The number of benzene rings is 2. The Bertz CT molecular complexity index is 646. The van der Waals surface area contributed by atoms with Crippen molar-refractivity contribution in [3.05, 3.63) is 60.2 Å². The monoisotopic (exact) mass is 329 g/mol. The van der Waals surface area contributed by atoms with Gasteiger partial charge in [-0.2, -0.15) is 0 Å². The summed E-state index contributed by atoms with van der Waals surface area (Å²) in [7, 11) is 3.27. The van der Waals surface area contributed by atoms with Crippen LogP contribution in [0.2, 0.25) is 0 Å². The summed E-state index contributed by atoms with van der Waals surface area (Å²) in [5.41, 5.74) is 1.67. The maximum Gasteiger partial charge on any atom is 0.287 e. The van der Waals surface area contributed by atoms with Crippen LogP contribution < -0.4 is 15.4 Å². The average molecular weight is 329 g/mol. The van der Waals surface area contributed by atoms with Crippen molar-refractivity contribution in [2.75, 3.05) is 26.1 Å². The third-order valence-corrected chi connectivity index (χ3v) is 3.73. The van der Waals surface area contributed by atoms with Gasteiger partial charge in [-0.25, -0.2) is 0 Å². The van der Waals surface area contributed by atoms with Crippen molar-refractivity contribution in [3.8, 4) is 5.75 Å². The first-order chi connectivity index (χ1) is 11.6. The number of nitrogens with one attached hydrogen (secondary N) is 1. The molecule has 5 nitrogen and oxygen atoms in total. The Morgan fingerprint density at radius 2 is 1.88 bits per heavy atom. The van der Waals surface area contributed by atoms with Gasteiger partial charge in [-0.3, -0.25) is 4.79 Å². The van der Waals surface area contributed by atoms with E-state index in [1.54, 1.807) is 20.3 Å². The van der Waals surface area contributed by atoms with E-state index in [0.717, 1.165) is 5.56 Å². The van der Waals surface area contributed by atoms with Crippen LogP contribution in [0.25, 0.3) is 0 Å². The number of rotatable bonds is 8. The molecule has 3 N–H and O–H groups in total. The molecule has 5 heteroatoms. The number of carbonyl (C=O) groups is 1. The van der Waals surface area contributed by atoms with E-state index in [2.05, 4.69) is 5.32 Å². The zero-order valence-electron chi connectivity index (χ0n) is 14.4. The molecule has 0 bridgehead atoms. The molecule has 0 heterocycles.